The molecule has 4 heteroatoms. The summed E-state index contributed by atoms with van der Waals surface area (Å²) in [6, 6.07) is 12.4. The number of aryl methyl sites for hydroxylation is 1. The SMILES string of the molecule is Cc1cccc(Cn2c3c(c(C)c2C(=O)NCc2cccnc2)CCCC3)c1. The van der Waals surface area contributed by atoms with E-state index in [1.807, 2.05) is 12.1 Å². The van der Waals surface area contributed by atoms with Gasteiger partial charge in [-0.1, -0.05) is 35.9 Å². The second-order valence-electron chi connectivity index (χ2n) is 7.73. The van der Waals surface area contributed by atoms with E-state index in [0.717, 1.165) is 36.2 Å². The number of aromatic nitrogens is 2. The average molecular weight is 374 g/mol. The Balaban J connectivity index is 1.67. The van der Waals surface area contributed by atoms with E-state index in [-0.39, 0.29) is 5.91 Å². The molecule has 3 aromatic rings. The quantitative estimate of drug-likeness (QED) is 0.722. The maximum Gasteiger partial charge on any atom is 0.268 e. The summed E-state index contributed by atoms with van der Waals surface area (Å²) < 4.78 is 2.26. The molecule has 0 saturated carbocycles. The number of amides is 1. The second kappa shape index (κ2) is 8.01. The molecule has 2 aromatic heterocycles. The van der Waals surface area contributed by atoms with E-state index < -0.39 is 0 Å². The normalized spacial score (nSPS) is 13.2. The lowest BCUT2D eigenvalue weighted by Gasteiger charge is -2.17. The molecule has 4 nitrogen and oxygen atoms in total. The number of nitrogens with one attached hydrogen (secondary N) is 1. The van der Waals surface area contributed by atoms with Gasteiger partial charge in [-0.25, -0.2) is 0 Å². The van der Waals surface area contributed by atoms with E-state index in [4.69, 9.17) is 0 Å². The van der Waals surface area contributed by atoms with Crippen molar-refractivity contribution in [2.45, 2.75) is 52.6 Å². The molecule has 0 spiro atoms. The summed E-state index contributed by atoms with van der Waals surface area (Å²) in [6.45, 7) is 5.46. The molecule has 1 aliphatic carbocycles. The zero-order valence-electron chi connectivity index (χ0n) is 16.7. The molecule has 0 unspecified atom stereocenters. The largest absolute Gasteiger partial charge is 0.347 e. The van der Waals surface area contributed by atoms with Crippen molar-refractivity contribution in [2.75, 3.05) is 0 Å². The third kappa shape index (κ3) is 3.72. The summed E-state index contributed by atoms with van der Waals surface area (Å²) in [4.78, 5) is 17.3. The maximum absolute atomic E-state index is 13.2. The van der Waals surface area contributed by atoms with Crippen LogP contribution in [0.3, 0.4) is 0 Å². The number of hydrogen-bond acceptors (Lipinski definition) is 2. The van der Waals surface area contributed by atoms with Crippen molar-refractivity contribution in [3.63, 3.8) is 0 Å². The predicted octanol–water partition coefficient (Wildman–Crippen LogP) is 4.36. The lowest BCUT2D eigenvalue weighted by molar-refractivity contribution is 0.0941. The fraction of sp³-hybridized carbons (Fsp3) is 0.333. The van der Waals surface area contributed by atoms with Gasteiger partial charge in [0, 0.05) is 31.2 Å². The van der Waals surface area contributed by atoms with Gasteiger partial charge in [-0.2, -0.15) is 0 Å². The third-order valence-electron chi connectivity index (χ3n) is 5.66. The average Bonchev–Trinajstić information content (AvgIpc) is 2.99. The molecule has 1 aromatic carbocycles. The Kier molecular flexibility index (Phi) is 5.29. The number of carbonyl (C=O) groups excluding carboxylic acids is 1. The van der Waals surface area contributed by atoms with Gasteiger partial charge in [-0.3, -0.25) is 9.78 Å². The van der Waals surface area contributed by atoms with Crippen LogP contribution in [0.4, 0.5) is 0 Å². The third-order valence-corrected chi connectivity index (χ3v) is 5.66. The molecule has 0 fully saturated rings. The predicted molar refractivity (Wildman–Crippen MR) is 111 cm³/mol. The zero-order valence-corrected chi connectivity index (χ0v) is 16.7. The summed E-state index contributed by atoms with van der Waals surface area (Å²) in [7, 11) is 0. The van der Waals surface area contributed by atoms with Crippen molar-refractivity contribution in [1.29, 1.82) is 0 Å². The van der Waals surface area contributed by atoms with Crippen LogP contribution in [0.15, 0.2) is 48.8 Å². The summed E-state index contributed by atoms with van der Waals surface area (Å²) in [5.74, 6) is 0.00315. The van der Waals surface area contributed by atoms with Crippen LogP contribution in [0.1, 0.15) is 56.8 Å². The van der Waals surface area contributed by atoms with E-state index in [2.05, 4.69) is 53.0 Å². The van der Waals surface area contributed by atoms with Gasteiger partial charge in [0.2, 0.25) is 0 Å². The molecule has 0 bridgehead atoms. The second-order valence-corrected chi connectivity index (χ2v) is 7.73. The highest BCUT2D eigenvalue weighted by Crippen LogP contribution is 2.30. The number of carbonyl (C=O) groups is 1. The van der Waals surface area contributed by atoms with Crippen molar-refractivity contribution in [2.24, 2.45) is 0 Å². The van der Waals surface area contributed by atoms with Crippen LogP contribution in [0, 0.1) is 13.8 Å². The zero-order chi connectivity index (χ0) is 19.5. The minimum Gasteiger partial charge on any atom is -0.347 e. The molecule has 0 radical (unpaired) electrons. The van der Waals surface area contributed by atoms with E-state index in [0.29, 0.717) is 6.54 Å². The van der Waals surface area contributed by atoms with Crippen LogP contribution in [-0.2, 0) is 25.9 Å². The standard InChI is InChI=1S/C24H27N3O/c1-17-7-5-8-19(13-17)16-27-22-11-4-3-10-21(22)18(2)23(27)24(28)26-15-20-9-6-12-25-14-20/h5-9,12-14H,3-4,10-11,15-16H2,1-2H3,(H,26,28). The minimum absolute atomic E-state index is 0.00315. The summed E-state index contributed by atoms with van der Waals surface area (Å²) >= 11 is 0. The molecular formula is C24H27N3O. The molecule has 2 heterocycles. The van der Waals surface area contributed by atoms with E-state index in [1.165, 1.54) is 35.2 Å². The Bertz CT molecular complexity index is 989. The first kappa shape index (κ1) is 18.5. The van der Waals surface area contributed by atoms with Gasteiger partial charge in [-0.15, -0.1) is 0 Å². The number of rotatable bonds is 5. The Labute approximate surface area is 166 Å². The van der Waals surface area contributed by atoms with Crippen molar-refractivity contribution in [3.05, 3.63) is 88.0 Å². The molecule has 144 valence electrons. The van der Waals surface area contributed by atoms with Crippen molar-refractivity contribution in [1.82, 2.24) is 14.9 Å². The van der Waals surface area contributed by atoms with E-state index >= 15 is 0 Å². The summed E-state index contributed by atoms with van der Waals surface area (Å²) in [5, 5.41) is 3.10. The summed E-state index contributed by atoms with van der Waals surface area (Å²) in [6.07, 6.45) is 8.07. The molecule has 0 atom stereocenters. The van der Waals surface area contributed by atoms with Gasteiger partial charge in [0.05, 0.1) is 0 Å². The topological polar surface area (TPSA) is 46.9 Å². The fourth-order valence-corrected chi connectivity index (χ4v) is 4.30. The first-order chi connectivity index (χ1) is 13.6. The number of hydrogen-bond donors (Lipinski definition) is 1. The fourth-order valence-electron chi connectivity index (χ4n) is 4.30. The minimum atomic E-state index is 0.00315. The highest BCUT2D eigenvalue weighted by Gasteiger charge is 2.26. The number of nitrogens with zero attached hydrogens (tertiary/aromatic N) is 2. The number of pyridine rings is 1. The highest BCUT2D eigenvalue weighted by molar-refractivity contribution is 5.95. The van der Waals surface area contributed by atoms with Crippen molar-refractivity contribution < 1.29 is 4.79 Å². The Morgan fingerprint density at radius 3 is 2.71 bits per heavy atom. The Morgan fingerprint density at radius 1 is 1.11 bits per heavy atom. The van der Waals surface area contributed by atoms with Crippen LogP contribution >= 0.6 is 0 Å². The molecule has 1 aliphatic rings. The van der Waals surface area contributed by atoms with Gasteiger partial charge in [0.15, 0.2) is 0 Å². The van der Waals surface area contributed by atoms with Crippen molar-refractivity contribution >= 4 is 5.91 Å². The molecule has 1 N–H and O–H groups in total. The lowest BCUT2D eigenvalue weighted by atomic mass is 9.95. The summed E-state index contributed by atoms with van der Waals surface area (Å²) in [5.41, 5.74) is 8.18. The van der Waals surface area contributed by atoms with Gasteiger partial charge >= 0.3 is 0 Å². The lowest BCUT2D eigenvalue weighted by Crippen LogP contribution is -2.27. The monoisotopic (exact) mass is 373 g/mol. The van der Waals surface area contributed by atoms with Gasteiger partial charge in [-0.05, 0) is 67.9 Å². The van der Waals surface area contributed by atoms with Gasteiger partial charge in [0.25, 0.3) is 5.91 Å². The number of benzene rings is 1. The highest BCUT2D eigenvalue weighted by atomic mass is 16.1. The van der Waals surface area contributed by atoms with Crippen molar-refractivity contribution in [3.8, 4) is 0 Å². The van der Waals surface area contributed by atoms with Crippen LogP contribution in [-0.4, -0.2) is 15.5 Å². The molecule has 4 rings (SSSR count). The Hall–Kier alpha value is -2.88. The van der Waals surface area contributed by atoms with Crippen LogP contribution in [0.2, 0.25) is 0 Å². The maximum atomic E-state index is 13.2. The van der Waals surface area contributed by atoms with E-state index in [1.54, 1.807) is 12.4 Å². The molecule has 1 amide bonds. The molecule has 0 aliphatic heterocycles. The first-order valence-corrected chi connectivity index (χ1v) is 10.1. The van der Waals surface area contributed by atoms with Crippen LogP contribution in [0.25, 0.3) is 0 Å². The Morgan fingerprint density at radius 2 is 1.93 bits per heavy atom. The first-order valence-electron chi connectivity index (χ1n) is 10.1. The molecular weight excluding hydrogens is 346 g/mol. The van der Waals surface area contributed by atoms with E-state index in [9.17, 15) is 4.79 Å². The van der Waals surface area contributed by atoms with Gasteiger partial charge in [0.1, 0.15) is 5.69 Å². The van der Waals surface area contributed by atoms with Gasteiger partial charge < -0.3 is 9.88 Å². The smallest absolute Gasteiger partial charge is 0.268 e. The van der Waals surface area contributed by atoms with Crippen LogP contribution < -0.4 is 5.32 Å². The number of fused-ring (bicyclic) bond motifs is 1. The van der Waals surface area contributed by atoms with Crippen LogP contribution in [0.5, 0.6) is 0 Å². The molecule has 28 heavy (non-hydrogen) atoms. The molecule has 0 saturated heterocycles.